The SMILES string of the molecule is O=C([O-])c1ccccc1Nc1nc(N2CCCC2)nc(N2CCCC2)n1. The molecule has 0 bridgehead atoms. The molecule has 2 fully saturated rings. The molecule has 0 radical (unpaired) electrons. The zero-order chi connectivity index (χ0) is 17.9. The van der Waals surface area contributed by atoms with Crippen LogP contribution in [0.1, 0.15) is 36.0 Å². The predicted octanol–water partition coefficient (Wildman–Crippen LogP) is 1.18. The molecule has 8 heteroatoms. The normalized spacial score (nSPS) is 16.9. The van der Waals surface area contributed by atoms with E-state index in [2.05, 4.69) is 30.1 Å². The number of rotatable bonds is 5. The maximum atomic E-state index is 11.3. The predicted molar refractivity (Wildman–Crippen MR) is 96.8 cm³/mol. The van der Waals surface area contributed by atoms with Crippen molar-refractivity contribution in [3.63, 3.8) is 0 Å². The van der Waals surface area contributed by atoms with E-state index in [1.54, 1.807) is 18.2 Å². The van der Waals surface area contributed by atoms with Crippen molar-refractivity contribution >= 4 is 29.5 Å². The molecule has 1 aromatic carbocycles. The van der Waals surface area contributed by atoms with Crippen LogP contribution < -0.4 is 20.2 Å². The van der Waals surface area contributed by atoms with Crippen molar-refractivity contribution in [2.24, 2.45) is 0 Å². The van der Waals surface area contributed by atoms with E-state index in [9.17, 15) is 9.90 Å². The average molecular weight is 353 g/mol. The van der Waals surface area contributed by atoms with Crippen molar-refractivity contribution in [2.75, 3.05) is 41.3 Å². The molecule has 1 N–H and O–H groups in total. The van der Waals surface area contributed by atoms with Crippen molar-refractivity contribution in [2.45, 2.75) is 25.7 Å². The molecule has 0 atom stereocenters. The Morgan fingerprint density at radius 3 is 1.96 bits per heavy atom. The van der Waals surface area contributed by atoms with Gasteiger partial charge in [-0.15, -0.1) is 0 Å². The molecular weight excluding hydrogens is 332 g/mol. The number of aromatic nitrogens is 3. The van der Waals surface area contributed by atoms with Gasteiger partial charge in [0.1, 0.15) is 0 Å². The number of hydrogen-bond donors (Lipinski definition) is 1. The number of aromatic carboxylic acids is 1. The maximum Gasteiger partial charge on any atom is 0.233 e. The van der Waals surface area contributed by atoms with Gasteiger partial charge in [-0.05, 0) is 31.7 Å². The number of anilines is 4. The third kappa shape index (κ3) is 3.40. The van der Waals surface area contributed by atoms with Gasteiger partial charge in [-0.1, -0.05) is 18.2 Å². The molecule has 2 aliphatic heterocycles. The van der Waals surface area contributed by atoms with Crippen molar-refractivity contribution in [1.82, 2.24) is 15.0 Å². The second-order valence-electron chi connectivity index (χ2n) is 6.61. The average Bonchev–Trinajstić information content (AvgIpc) is 3.36. The van der Waals surface area contributed by atoms with Gasteiger partial charge in [0.25, 0.3) is 0 Å². The Morgan fingerprint density at radius 1 is 0.885 bits per heavy atom. The number of para-hydroxylation sites is 1. The Balaban J connectivity index is 1.69. The first kappa shape index (κ1) is 16.6. The van der Waals surface area contributed by atoms with Crippen LogP contribution in [-0.2, 0) is 0 Å². The van der Waals surface area contributed by atoms with E-state index in [1.807, 2.05) is 0 Å². The van der Waals surface area contributed by atoms with Crippen LogP contribution in [0.2, 0.25) is 0 Å². The Bertz CT molecular complexity index is 766. The molecule has 26 heavy (non-hydrogen) atoms. The zero-order valence-electron chi connectivity index (χ0n) is 14.5. The molecule has 136 valence electrons. The number of hydrogen-bond acceptors (Lipinski definition) is 8. The number of carbonyl (C=O) groups is 1. The minimum atomic E-state index is -1.23. The van der Waals surface area contributed by atoms with Gasteiger partial charge in [0.05, 0.1) is 5.97 Å². The summed E-state index contributed by atoms with van der Waals surface area (Å²) in [5, 5.41) is 14.4. The summed E-state index contributed by atoms with van der Waals surface area (Å²) in [6.45, 7) is 3.72. The molecule has 0 saturated carbocycles. The van der Waals surface area contributed by atoms with Crippen LogP contribution in [0.4, 0.5) is 23.5 Å². The monoisotopic (exact) mass is 353 g/mol. The maximum absolute atomic E-state index is 11.3. The quantitative estimate of drug-likeness (QED) is 0.856. The first-order chi connectivity index (χ1) is 12.7. The highest BCUT2D eigenvalue weighted by atomic mass is 16.4. The lowest BCUT2D eigenvalue weighted by molar-refractivity contribution is -0.254. The fourth-order valence-corrected chi connectivity index (χ4v) is 3.42. The number of nitrogens with zero attached hydrogens (tertiary/aromatic N) is 5. The summed E-state index contributed by atoms with van der Waals surface area (Å²) in [6, 6.07) is 6.61. The summed E-state index contributed by atoms with van der Waals surface area (Å²) in [5.41, 5.74) is 0.497. The largest absolute Gasteiger partial charge is 0.545 e. The summed E-state index contributed by atoms with van der Waals surface area (Å²) in [7, 11) is 0. The molecule has 3 heterocycles. The van der Waals surface area contributed by atoms with Gasteiger partial charge in [-0.25, -0.2) is 0 Å². The smallest absolute Gasteiger partial charge is 0.233 e. The first-order valence-corrected chi connectivity index (χ1v) is 9.04. The summed E-state index contributed by atoms with van der Waals surface area (Å²) in [5.74, 6) is 0.417. The lowest BCUT2D eigenvalue weighted by Gasteiger charge is -2.21. The van der Waals surface area contributed by atoms with Crippen molar-refractivity contribution in [1.29, 1.82) is 0 Å². The third-order valence-corrected chi connectivity index (χ3v) is 4.78. The second kappa shape index (κ2) is 7.15. The van der Waals surface area contributed by atoms with E-state index in [-0.39, 0.29) is 5.56 Å². The lowest BCUT2D eigenvalue weighted by Crippen LogP contribution is -2.26. The van der Waals surface area contributed by atoms with Crippen LogP contribution in [0, 0.1) is 0 Å². The molecule has 0 amide bonds. The van der Waals surface area contributed by atoms with Crippen LogP contribution >= 0.6 is 0 Å². The third-order valence-electron chi connectivity index (χ3n) is 4.78. The summed E-state index contributed by atoms with van der Waals surface area (Å²) >= 11 is 0. The number of benzene rings is 1. The second-order valence-corrected chi connectivity index (χ2v) is 6.61. The van der Waals surface area contributed by atoms with E-state index in [0.717, 1.165) is 51.9 Å². The summed E-state index contributed by atoms with van der Waals surface area (Å²) in [6.07, 6.45) is 4.50. The van der Waals surface area contributed by atoms with E-state index < -0.39 is 5.97 Å². The minimum Gasteiger partial charge on any atom is -0.545 e. The molecule has 2 saturated heterocycles. The van der Waals surface area contributed by atoms with E-state index in [4.69, 9.17) is 0 Å². The lowest BCUT2D eigenvalue weighted by atomic mass is 10.2. The summed E-state index contributed by atoms with van der Waals surface area (Å²) in [4.78, 5) is 29.4. The van der Waals surface area contributed by atoms with Crippen LogP contribution in [0.25, 0.3) is 0 Å². The van der Waals surface area contributed by atoms with Crippen molar-refractivity contribution < 1.29 is 9.90 Å². The van der Waals surface area contributed by atoms with Gasteiger partial charge in [0, 0.05) is 37.4 Å². The van der Waals surface area contributed by atoms with Crippen molar-refractivity contribution in [3.05, 3.63) is 29.8 Å². The molecule has 4 rings (SSSR count). The molecule has 0 spiro atoms. The molecule has 1 aromatic heterocycles. The number of nitrogens with one attached hydrogen (secondary N) is 1. The molecule has 2 aliphatic rings. The van der Waals surface area contributed by atoms with Crippen LogP contribution in [0.3, 0.4) is 0 Å². The fraction of sp³-hybridized carbons (Fsp3) is 0.444. The standard InChI is InChI=1S/C18H22N6O2/c25-15(26)13-7-1-2-8-14(13)19-16-20-17(23-9-3-4-10-23)22-18(21-16)24-11-5-6-12-24/h1-2,7-8H,3-6,9-12H2,(H,25,26)(H,19,20,21,22)/p-1. The highest BCUT2D eigenvalue weighted by molar-refractivity contribution is 5.93. The molecule has 2 aromatic rings. The molecule has 0 aliphatic carbocycles. The summed E-state index contributed by atoms with van der Waals surface area (Å²) < 4.78 is 0. The van der Waals surface area contributed by atoms with Crippen molar-refractivity contribution in [3.8, 4) is 0 Å². The van der Waals surface area contributed by atoms with E-state index in [1.165, 1.54) is 6.07 Å². The number of carbonyl (C=O) groups excluding carboxylic acids is 1. The van der Waals surface area contributed by atoms with Gasteiger partial charge in [-0.2, -0.15) is 15.0 Å². The van der Waals surface area contributed by atoms with Gasteiger partial charge in [-0.3, -0.25) is 0 Å². The fourth-order valence-electron chi connectivity index (χ4n) is 3.42. The van der Waals surface area contributed by atoms with E-state index >= 15 is 0 Å². The Kier molecular flexibility index (Phi) is 4.55. The molecule has 8 nitrogen and oxygen atoms in total. The van der Waals surface area contributed by atoms with Crippen LogP contribution in [-0.4, -0.2) is 47.1 Å². The topological polar surface area (TPSA) is 97.3 Å². The Hall–Kier alpha value is -2.90. The number of carboxylic acid groups (broad SMARTS) is 1. The van der Waals surface area contributed by atoms with Crippen LogP contribution in [0.5, 0.6) is 0 Å². The molecular formula is C18H21N6O2-. The minimum absolute atomic E-state index is 0.0818. The van der Waals surface area contributed by atoms with Gasteiger partial charge in [0.15, 0.2) is 0 Å². The Labute approximate surface area is 151 Å². The Morgan fingerprint density at radius 2 is 1.42 bits per heavy atom. The molecule has 0 unspecified atom stereocenters. The van der Waals surface area contributed by atoms with E-state index in [0.29, 0.717) is 23.5 Å². The van der Waals surface area contributed by atoms with Gasteiger partial charge in [0.2, 0.25) is 17.8 Å². The van der Waals surface area contributed by atoms with Crippen LogP contribution in [0.15, 0.2) is 24.3 Å². The number of carboxylic acids is 1. The zero-order valence-corrected chi connectivity index (χ0v) is 14.5. The highest BCUT2D eigenvalue weighted by Gasteiger charge is 2.21. The van der Waals surface area contributed by atoms with Gasteiger partial charge < -0.3 is 25.0 Å². The van der Waals surface area contributed by atoms with Gasteiger partial charge >= 0.3 is 0 Å². The first-order valence-electron chi connectivity index (χ1n) is 9.04. The highest BCUT2D eigenvalue weighted by Crippen LogP contribution is 2.25.